The number of nitrogens with zero attached hydrogens (tertiary/aromatic N) is 5. The van der Waals surface area contributed by atoms with Gasteiger partial charge in [0, 0.05) is 16.6 Å². The third kappa shape index (κ3) is 3.99. The highest BCUT2D eigenvalue weighted by atomic mass is 79.9. The lowest BCUT2D eigenvalue weighted by molar-refractivity contribution is -0.150. The third-order valence-electron chi connectivity index (χ3n) is 8.33. The maximum absolute atomic E-state index is 14.7. The summed E-state index contributed by atoms with van der Waals surface area (Å²) >= 11 is 5.09. The lowest BCUT2D eigenvalue weighted by atomic mass is 9.71. The quantitative estimate of drug-likeness (QED) is 0.274. The molecular formula is C28H28BrN5O5S. The summed E-state index contributed by atoms with van der Waals surface area (Å²) in [5, 5.41) is 28.9. The number of carboxylic acids is 1. The van der Waals surface area contributed by atoms with Gasteiger partial charge in [0.2, 0.25) is 11.8 Å². The Balaban J connectivity index is 1.46. The Labute approximate surface area is 243 Å². The molecule has 40 heavy (non-hydrogen) atoms. The van der Waals surface area contributed by atoms with Gasteiger partial charge >= 0.3 is 5.97 Å². The normalized spacial score (nSPS) is 29.5. The largest absolute Gasteiger partial charge is 0.481 e. The van der Waals surface area contributed by atoms with Crippen LogP contribution in [0.1, 0.15) is 18.0 Å². The highest BCUT2D eigenvalue weighted by Crippen LogP contribution is 2.68. The first-order valence-electron chi connectivity index (χ1n) is 13.0. The number of halogens is 1. The molecule has 2 N–H and O–H groups in total. The highest BCUT2D eigenvalue weighted by molar-refractivity contribution is 9.09. The minimum absolute atomic E-state index is 0.0635. The fraction of sp³-hybridized carbons (Fsp3) is 0.393. The number of aliphatic hydroxyl groups is 1. The van der Waals surface area contributed by atoms with Gasteiger partial charge in [0.05, 0.1) is 34.7 Å². The van der Waals surface area contributed by atoms with Gasteiger partial charge in [-0.05, 0) is 24.1 Å². The maximum atomic E-state index is 14.7. The van der Waals surface area contributed by atoms with Gasteiger partial charge in [-0.3, -0.25) is 14.4 Å². The summed E-state index contributed by atoms with van der Waals surface area (Å²) in [4.78, 5) is 44.3. The van der Waals surface area contributed by atoms with E-state index < -0.39 is 47.1 Å². The molecule has 208 valence electrons. The summed E-state index contributed by atoms with van der Waals surface area (Å²) in [6.45, 7) is 3.67. The fourth-order valence-corrected chi connectivity index (χ4v) is 10.3. The van der Waals surface area contributed by atoms with Crippen molar-refractivity contribution >= 4 is 56.5 Å². The second-order valence-electron chi connectivity index (χ2n) is 10.4. The van der Waals surface area contributed by atoms with Gasteiger partial charge in [-0.1, -0.05) is 69.7 Å². The zero-order valence-electron chi connectivity index (χ0n) is 21.4. The van der Waals surface area contributed by atoms with Gasteiger partial charge in [-0.2, -0.15) is 0 Å². The molecule has 12 heteroatoms. The van der Waals surface area contributed by atoms with Crippen LogP contribution in [-0.4, -0.2) is 86.8 Å². The number of alkyl halides is 1. The lowest BCUT2D eigenvalue weighted by Crippen LogP contribution is -2.56. The number of aliphatic hydroxyl groups excluding tert-OH is 1. The number of hydrogen-bond donors (Lipinski definition) is 2. The molecule has 3 aromatic rings. The summed E-state index contributed by atoms with van der Waals surface area (Å²) in [7, 11) is 0. The Hall–Kier alpha value is -3.22. The molecule has 6 rings (SSSR count). The Bertz CT molecular complexity index is 1490. The van der Waals surface area contributed by atoms with Crippen molar-refractivity contribution in [2.24, 2.45) is 11.8 Å². The number of aliphatic carboxylic acids is 1. The van der Waals surface area contributed by atoms with Crippen molar-refractivity contribution < 1.29 is 24.6 Å². The summed E-state index contributed by atoms with van der Waals surface area (Å²) in [5.41, 5.74) is 2.11. The van der Waals surface area contributed by atoms with E-state index in [2.05, 4.69) is 32.8 Å². The first-order valence-corrected chi connectivity index (χ1v) is 14.8. The number of para-hydroxylation sites is 1. The summed E-state index contributed by atoms with van der Waals surface area (Å²) in [6, 6.07) is 14.7. The maximum Gasteiger partial charge on any atom is 0.308 e. The molecule has 3 saturated heterocycles. The van der Waals surface area contributed by atoms with Crippen LogP contribution < -0.4 is 0 Å². The molecule has 1 spiro atoms. The Kier molecular flexibility index (Phi) is 6.96. The number of carbonyl (C=O) groups excluding carboxylic acids is 2. The van der Waals surface area contributed by atoms with E-state index in [0.29, 0.717) is 17.5 Å². The molecule has 3 unspecified atom stereocenters. The minimum atomic E-state index is -1.05. The van der Waals surface area contributed by atoms with Gasteiger partial charge < -0.3 is 20.0 Å². The molecule has 3 fully saturated rings. The summed E-state index contributed by atoms with van der Waals surface area (Å²) < 4.78 is 0.655. The van der Waals surface area contributed by atoms with Crippen LogP contribution >= 0.6 is 27.7 Å². The molecular weight excluding hydrogens is 598 g/mol. The summed E-state index contributed by atoms with van der Waals surface area (Å²) in [6.07, 6.45) is 2.07. The highest BCUT2D eigenvalue weighted by Gasteiger charge is 2.76. The zero-order chi connectivity index (χ0) is 28.2. The molecule has 0 aliphatic carbocycles. The molecule has 2 amide bonds. The van der Waals surface area contributed by atoms with Crippen LogP contribution in [0.4, 0.5) is 0 Å². The SMILES string of the molecule is C=CCN(Cn1nnc2ccccc21)C(=O)C1N([C@H](CO)c2ccccc2)C(=O)[C@@H]2[C@H](C(=O)O)[C@H]3SC12CC3Br. The number of rotatable bonds is 9. The average Bonchev–Trinajstić information content (AvgIpc) is 3.67. The molecule has 4 heterocycles. The van der Waals surface area contributed by atoms with E-state index in [1.54, 1.807) is 27.8 Å². The molecule has 1 aromatic heterocycles. The van der Waals surface area contributed by atoms with Crippen molar-refractivity contribution in [1.29, 1.82) is 0 Å². The van der Waals surface area contributed by atoms with Crippen LogP contribution in [0.5, 0.6) is 0 Å². The average molecular weight is 627 g/mol. The molecule has 0 radical (unpaired) electrons. The van der Waals surface area contributed by atoms with Crippen molar-refractivity contribution in [1.82, 2.24) is 24.8 Å². The van der Waals surface area contributed by atoms with Crippen LogP contribution in [0.15, 0.2) is 67.3 Å². The second kappa shape index (κ2) is 10.3. The summed E-state index contributed by atoms with van der Waals surface area (Å²) in [5.74, 6) is -3.64. The van der Waals surface area contributed by atoms with E-state index in [1.807, 2.05) is 42.5 Å². The van der Waals surface area contributed by atoms with E-state index in [-0.39, 0.29) is 29.2 Å². The van der Waals surface area contributed by atoms with Crippen LogP contribution in [0.2, 0.25) is 0 Å². The number of thioether (sulfide) groups is 1. The van der Waals surface area contributed by atoms with Gasteiger partial charge in [-0.15, -0.1) is 23.4 Å². The molecule has 10 nitrogen and oxygen atoms in total. The number of aromatic nitrogens is 3. The van der Waals surface area contributed by atoms with E-state index >= 15 is 0 Å². The second-order valence-corrected chi connectivity index (χ2v) is 13.1. The van der Waals surface area contributed by atoms with Crippen molar-refractivity contribution in [3.8, 4) is 0 Å². The predicted molar refractivity (Wildman–Crippen MR) is 152 cm³/mol. The van der Waals surface area contributed by atoms with E-state index in [1.165, 1.54) is 16.7 Å². The van der Waals surface area contributed by atoms with Gasteiger partial charge in [0.25, 0.3) is 0 Å². The van der Waals surface area contributed by atoms with E-state index in [0.717, 1.165) is 5.52 Å². The number of fused-ring (bicyclic) bond motifs is 2. The van der Waals surface area contributed by atoms with Crippen LogP contribution in [0.25, 0.3) is 11.0 Å². The molecule has 3 aliphatic heterocycles. The van der Waals surface area contributed by atoms with Crippen LogP contribution in [0, 0.1) is 11.8 Å². The number of carbonyl (C=O) groups is 3. The molecule has 7 atom stereocenters. The zero-order valence-corrected chi connectivity index (χ0v) is 23.8. The van der Waals surface area contributed by atoms with E-state index in [9.17, 15) is 24.6 Å². The van der Waals surface area contributed by atoms with Crippen molar-refractivity contribution in [3.63, 3.8) is 0 Å². The first kappa shape index (κ1) is 27.0. The number of amides is 2. The van der Waals surface area contributed by atoms with E-state index in [4.69, 9.17) is 0 Å². The molecule has 2 bridgehead atoms. The van der Waals surface area contributed by atoms with Gasteiger partial charge in [-0.25, -0.2) is 4.68 Å². The number of likely N-dealkylation sites (tertiary alicyclic amines) is 1. The van der Waals surface area contributed by atoms with Gasteiger partial charge in [0.1, 0.15) is 18.2 Å². The van der Waals surface area contributed by atoms with Gasteiger partial charge in [0.15, 0.2) is 0 Å². The standard InChI is InChI=1S/C28H28BrN5O5S/c1-2-12-32(15-33-19-11-7-6-10-18(19)30-31-33)26(37)24-28-13-17(29)23(40-28)21(27(38)39)22(28)25(36)34(24)20(14-35)16-8-4-3-5-9-16/h2-11,17,20-24,35H,1,12-15H2,(H,38,39)/t17?,20-,21+,22+,23+,24?,28?/m1/s1. The van der Waals surface area contributed by atoms with Crippen molar-refractivity contribution in [3.05, 3.63) is 72.8 Å². The van der Waals surface area contributed by atoms with Crippen molar-refractivity contribution in [2.75, 3.05) is 13.2 Å². The third-order valence-corrected chi connectivity index (χ3v) is 11.5. The lowest BCUT2D eigenvalue weighted by Gasteiger charge is -2.39. The van der Waals surface area contributed by atoms with Crippen LogP contribution in [-0.2, 0) is 21.1 Å². The van der Waals surface area contributed by atoms with Crippen LogP contribution in [0.3, 0.4) is 0 Å². The molecule has 3 aliphatic rings. The first-order chi connectivity index (χ1) is 19.3. The Morgan fingerprint density at radius 3 is 2.65 bits per heavy atom. The topological polar surface area (TPSA) is 129 Å². The predicted octanol–water partition coefficient (Wildman–Crippen LogP) is 2.69. The number of benzene rings is 2. The minimum Gasteiger partial charge on any atom is -0.481 e. The fourth-order valence-electron chi connectivity index (χ4n) is 6.72. The molecule has 2 aromatic carbocycles. The number of carboxylic acid groups (broad SMARTS) is 1. The monoisotopic (exact) mass is 625 g/mol. The number of hydrogen-bond acceptors (Lipinski definition) is 7. The Morgan fingerprint density at radius 1 is 1.23 bits per heavy atom. The Morgan fingerprint density at radius 2 is 1.95 bits per heavy atom. The molecule has 0 saturated carbocycles. The van der Waals surface area contributed by atoms with Crippen molar-refractivity contribution in [2.45, 2.75) is 40.0 Å². The smallest absolute Gasteiger partial charge is 0.308 e.